The topological polar surface area (TPSA) is 67.3 Å². The van der Waals surface area contributed by atoms with Crippen LogP contribution in [0.3, 0.4) is 0 Å². The molecule has 1 saturated heterocycles. The number of hydrogen-bond acceptors (Lipinski definition) is 8. The number of aliphatic hydroxyl groups excluding tert-OH is 1. The first-order valence-corrected chi connectivity index (χ1v) is 12.3. The van der Waals surface area contributed by atoms with E-state index >= 15 is 0 Å². The molecule has 0 spiro atoms. The summed E-state index contributed by atoms with van der Waals surface area (Å²) in [6, 6.07) is 11.3. The molecule has 33 heavy (non-hydrogen) atoms. The average molecular weight is 492 g/mol. The summed E-state index contributed by atoms with van der Waals surface area (Å²) in [4.78, 5) is 9.14. The van der Waals surface area contributed by atoms with Gasteiger partial charge in [-0.15, -0.1) is 11.3 Å². The van der Waals surface area contributed by atoms with Crippen molar-refractivity contribution in [1.82, 2.24) is 14.8 Å². The van der Waals surface area contributed by atoms with Crippen molar-refractivity contribution < 1.29 is 19.3 Å². The zero-order valence-corrected chi connectivity index (χ0v) is 20.6. The molecule has 7 nitrogen and oxygen atoms in total. The van der Waals surface area contributed by atoms with Gasteiger partial charge in [0.25, 0.3) is 0 Å². The summed E-state index contributed by atoms with van der Waals surface area (Å²) in [7, 11) is 1.61. The number of benzene rings is 2. The quantitative estimate of drug-likeness (QED) is 0.463. The number of thiazole rings is 1. The van der Waals surface area contributed by atoms with E-state index in [1.807, 2.05) is 31.2 Å². The van der Waals surface area contributed by atoms with Crippen LogP contribution in [0.15, 0.2) is 36.4 Å². The third kappa shape index (κ3) is 6.71. The van der Waals surface area contributed by atoms with E-state index in [1.54, 1.807) is 30.6 Å². The summed E-state index contributed by atoms with van der Waals surface area (Å²) < 4.78 is 18.2. The van der Waals surface area contributed by atoms with Gasteiger partial charge >= 0.3 is 0 Å². The number of halogens is 1. The number of fused-ring (bicyclic) bond motifs is 1. The molecule has 1 fully saturated rings. The Hall–Kier alpha value is -2.10. The molecule has 3 aromatic rings. The lowest BCUT2D eigenvalue weighted by Crippen LogP contribution is -2.50. The number of β-amino-alcohol motifs (C(OH)–C–C–N with tert-alkyl or cyclic N) is 1. The number of ether oxygens (including phenoxy) is 3. The fourth-order valence-corrected chi connectivity index (χ4v) is 4.87. The van der Waals surface area contributed by atoms with Gasteiger partial charge in [0.05, 0.1) is 22.3 Å². The maximum atomic E-state index is 10.4. The van der Waals surface area contributed by atoms with Gasteiger partial charge < -0.3 is 19.3 Å². The second kappa shape index (κ2) is 11.4. The van der Waals surface area contributed by atoms with Crippen molar-refractivity contribution in [1.29, 1.82) is 0 Å². The number of methoxy groups -OCH3 is 1. The molecule has 1 aliphatic rings. The van der Waals surface area contributed by atoms with E-state index in [2.05, 4.69) is 14.8 Å². The van der Waals surface area contributed by atoms with Crippen LogP contribution in [-0.4, -0.2) is 85.6 Å². The summed E-state index contributed by atoms with van der Waals surface area (Å²) in [5.74, 6) is 2.09. The lowest BCUT2D eigenvalue weighted by Gasteiger charge is -2.35. The van der Waals surface area contributed by atoms with E-state index in [4.69, 9.17) is 25.8 Å². The third-order valence-electron chi connectivity index (χ3n) is 5.63. The Kier molecular flexibility index (Phi) is 8.27. The first-order chi connectivity index (χ1) is 16.0. The normalized spacial score (nSPS) is 16.1. The second-order valence-electron chi connectivity index (χ2n) is 8.11. The highest BCUT2D eigenvalue weighted by atomic mass is 35.5. The number of nitrogens with zero attached hydrogens (tertiary/aromatic N) is 3. The smallest absolute Gasteiger partial charge is 0.162 e. The van der Waals surface area contributed by atoms with Gasteiger partial charge in [-0.2, -0.15) is 0 Å². The maximum Gasteiger partial charge on any atom is 0.162 e. The van der Waals surface area contributed by atoms with Gasteiger partial charge in [0.1, 0.15) is 25.1 Å². The highest BCUT2D eigenvalue weighted by Gasteiger charge is 2.20. The van der Waals surface area contributed by atoms with Crippen molar-refractivity contribution >= 4 is 33.2 Å². The third-order valence-corrected chi connectivity index (χ3v) is 6.82. The second-order valence-corrected chi connectivity index (χ2v) is 9.78. The molecule has 0 bridgehead atoms. The lowest BCUT2D eigenvalue weighted by atomic mass is 10.2. The van der Waals surface area contributed by atoms with Gasteiger partial charge in [-0.05, 0) is 31.2 Å². The fourth-order valence-electron chi connectivity index (χ4n) is 3.90. The zero-order valence-electron chi connectivity index (χ0n) is 19.0. The largest absolute Gasteiger partial charge is 0.493 e. The Bertz CT molecular complexity index is 1060. The molecule has 0 saturated carbocycles. The minimum Gasteiger partial charge on any atom is -0.493 e. The molecule has 1 aliphatic heterocycles. The van der Waals surface area contributed by atoms with E-state index in [0.717, 1.165) is 53.7 Å². The Balaban J connectivity index is 1.14. The van der Waals surface area contributed by atoms with Crippen molar-refractivity contribution in [3.63, 3.8) is 0 Å². The summed E-state index contributed by atoms with van der Waals surface area (Å²) in [5.41, 5.74) is 0.944. The van der Waals surface area contributed by atoms with Crippen LogP contribution >= 0.6 is 22.9 Å². The minimum absolute atomic E-state index is 0.269. The van der Waals surface area contributed by atoms with Crippen LogP contribution in [0.2, 0.25) is 5.02 Å². The van der Waals surface area contributed by atoms with Gasteiger partial charge in [0.2, 0.25) is 0 Å². The van der Waals surface area contributed by atoms with Crippen LogP contribution in [0.1, 0.15) is 5.01 Å². The molecular formula is C24H30ClN3O4S. The van der Waals surface area contributed by atoms with Crippen LogP contribution in [-0.2, 0) is 0 Å². The number of aryl methyl sites for hydroxylation is 1. The molecular weight excluding hydrogens is 462 g/mol. The molecule has 1 unspecified atom stereocenters. The standard InChI is InChI=1S/C24H30ClN3O4S/c1-17-26-21-14-20(4-6-24(21)33-17)32-16-19(29)15-28-9-7-27(8-10-28)11-12-31-22-5-3-18(25)13-23(22)30-2/h3-6,13-14,19,29H,7-12,15-16H2,1-2H3. The molecule has 1 aromatic heterocycles. The Morgan fingerprint density at radius 3 is 2.64 bits per heavy atom. The molecule has 2 aromatic carbocycles. The summed E-state index contributed by atoms with van der Waals surface area (Å²) in [6.07, 6.45) is -0.537. The van der Waals surface area contributed by atoms with Gasteiger partial charge in [0, 0.05) is 56.4 Å². The highest BCUT2D eigenvalue weighted by Crippen LogP contribution is 2.30. The van der Waals surface area contributed by atoms with Gasteiger partial charge in [-0.25, -0.2) is 4.98 Å². The Morgan fingerprint density at radius 1 is 1.06 bits per heavy atom. The minimum atomic E-state index is -0.537. The van der Waals surface area contributed by atoms with Crippen molar-refractivity contribution in [3.05, 3.63) is 46.4 Å². The van der Waals surface area contributed by atoms with Crippen molar-refractivity contribution in [2.45, 2.75) is 13.0 Å². The molecule has 1 N–H and O–H groups in total. The highest BCUT2D eigenvalue weighted by molar-refractivity contribution is 7.18. The average Bonchev–Trinajstić information content (AvgIpc) is 3.19. The van der Waals surface area contributed by atoms with E-state index in [9.17, 15) is 5.11 Å². The van der Waals surface area contributed by atoms with Crippen LogP contribution in [0, 0.1) is 6.92 Å². The predicted octanol–water partition coefficient (Wildman–Crippen LogP) is 3.70. The van der Waals surface area contributed by atoms with E-state index < -0.39 is 6.10 Å². The number of hydrogen-bond donors (Lipinski definition) is 1. The van der Waals surface area contributed by atoms with Crippen LogP contribution in [0.4, 0.5) is 0 Å². The van der Waals surface area contributed by atoms with E-state index in [1.165, 1.54) is 0 Å². The summed E-state index contributed by atoms with van der Waals surface area (Å²) in [5, 5.41) is 12.1. The van der Waals surface area contributed by atoms with Crippen LogP contribution in [0.25, 0.3) is 10.2 Å². The molecule has 178 valence electrons. The molecule has 0 amide bonds. The Morgan fingerprint density at radius 2 is 1.85 bits per heavy atom. The molecule has 4 rings (SSSR count). The maximum absolute atomic E-state index is 10.4. The molecule has 9 heteroatoms. The van der Waals surface area contributed by atoms with E-state index in [-0.39, 0.29) is 6.61 Å². The lowest BCUT2D eigenvalue weighted by molar-refractivity contribution is 0.0436. The fraction of sp³-hybridized carbons (Fsp3) is 0.458. The van der Waals surface area contributed by atoms with Gasteiger partial charge in [-0.3, -0.25) is 9.80 Å². The monoisotopic (exact) mass is 491 g/mol. The van der Waals surface area contributed by atoms with Crippen LogP contribution in [0.5, 0.6) is 17.2 Å². The number of piperazine rings is 1. The van der Waals surface area contributed by atoms with Gasteiger partial charge in [-0.1, -0.05) is 11.6 Å². The SMILES string of the molecule is COc1cc(Cl)ccc1OCCN1CCN(CC(O)COc2ccc3sc(C)nc3c2)CC1. The number of aromatic nitrogens is 1. The van der Waals surface area contributed by atoms with Crippen molar-refractivity contribution in [3.8, 4) is 17.2 Å². The van der Waals surface area contributed by atoms with Crippen molar-refractivity contribution in [2.75, 3.05) is 59.6 Å². The number of rotatable bonds is 10. The Labute approximate surface area is 203 Å². The first kappa shape index (κ1) is 24.0. The van der Waals surface area contributed by atoms with Gasteiger partial charge in [0.15, 0.2) is 11.5 Å². The number of aliphatic hydroxyl groups is 1. The zero-order chi connectivity index (χ0) is 23.2. The predicted molar refractivity (Wildman–Crippen MR) is 132 cm³/mol. The van der Waals surface area contributed by atoms with Crippen LogP contribution < -0.4 is 14.2 Å². The molecule has 0 radical (unpaired) electrons. The van der Waals surface area contributed by atoms with E-state index in [0.29, 0.717) is 29.7 Å². The molecule has 0 aliphatic carbocycles. The molecule has 2 heterocycles. The first-order valence-electron chi connectivity index (χ1n) is 11.1. The summed E-state index contributed by atoms with van der Waals surface area (Å²) >= 11 is 7.67. The van der Waals surface area contributed by atoms with Crippen molar-refractivity contribution in [2.24, 2.45) is 0 Å². The molecule has 1 atom stereocenters. The summed E-state index contributed by atoms with van der Waals surface area (Å²) in [6.45, 7) is 7.98.